The summed E-state index contributed by atoms with van der Waals surface area (Å²) < 4.78 is 0. The fourth-order valence-electron chi connectivity index (χ4n) is 2.12. The van der Waals surface area contributed by atoms with Crippen LogP contribution in [0.15, 0.2) is 42.7 Å². The highest BCUT2D eigenvalue weighted by atomic mass is 16.4. The number of nitrogens with zero attached hydrogens (tertiary/aromatic N) is 2. The lowest BCUT2D eigenvalue weighted by molar-refractivity contribution is 0.0697. The van der Waals surface area contributed by atoms with E-state index in [0.717, 1.165) is 35.3 Å². The van der Waals surface area contributed by atoms with Gasteiger partial charge in [0.15, 0.2) is 0 Å². The van der Waals surface area contributed by atoms with Gasteiger partial charge in [0, 0.05) is 18.8 Å². The van der Waals surface area contributed by atoms with Crippen molar-refractivity contribution in [3.05, 3.63) is 59.7 Å². The Balaban J connectivity index is 1.80. The summed E-state index contributed by atoms with van der Waals surface area (Å²) in [6.45, 7) is 0. The average molecular weight is 267 g/mol. The smallest absolute Gasteiger partial charge is 0.335 e. The number of aromatic nitrogens is 3. The second-order valence-corrected chi connectivity index (χ2v) is 4.58. The van der Waals surface area contributed by atoms with Crippen molar-refractivity contribution in [1.82, 2.24) is 15.0 Å². The van der Waals surface area contributed by atoms with Crippen LogP contribution >= 0.6 is 0 Å². The van der Waals surface area contributed by atoms with Crippen LogP contribution in [0.5, 0.6) is 0 Å². The van der Waals surface area contributed by atoms with E-state index in [1.165, 1.54) is 0 Å². The zero-order valence-corrected chi connectivity index (χ0v) is 10.7. The van der Waals surface area contributed by atoms with Gasteiger partial charge in [0.1, 0.15) is 5.82 Å². The molecule has 100 valence electrons. The Hall–Kier alpha value is -2.69. The lowest BCUT2D eigenvalue weighted by Gasteiger charge is -1.97. The molecule has 0 spiro atoms. The quantitative estimate of drug-likeness (QED) is 0.761. The van der Waals surface area contributed by atoms with Crippen molar-refractivity contribution in [2.45, 2.75) is 12.8 Å². The van der Waals surface area contributed by atoms with Gasteiger partial charge in [0.2, 0.25) is 0 Å². The van der Waals surface area contributed by atoms with Crippen molar-refractivity contribution in [2.75, 3.05) is 0 Å². The van der Waals surface area contributed by atoms with Gasteiger partial charge >= 0.3 is 5.97 Å². The third kappa shape index (κ3) is 2.51. The van der Waals surface area contributed by atoms with Crippen molar-refractivity contribution in [2.24, 2.45) is 0 Å². The van der Waals surface area contributed by atoms with Crippen molar-refractivity contribution in [1.29, 1.82) is 0 Å². The maximum Gasteiger partial charge on any atom is 0.335 e. The number of hydrogen-bond donors (Lipinski definition) is 2. The Labute approximate surface area is 115 Å². The first-order valence-corrected chi connectivity index (χ1v) is 6.33. The van der Waals surface area contributed by atoms with Gasteiger partial charge in [-0.05, 0) is 36.2 Å². The summed E-state index contributed by atoms with van der Waals surface area (Å²) in [5.74, 6) is -0.0789. The molecule has 20 heavy (non-hydrogen) atoms. The number of aromatic amines is 1. The van der Waals surface area contributed by atoms with Crippen LogP contribution < -0.4 is 0 Å². The van der Waals surface area contributed by atoms with Gasteiger partial charge in [0.25, 0.3) is 0 Å². The minimum Gasteiger partial charge on any atom is -0.478 e. The number of nitrogens with one attached hydrogen (secondary N) is 1. The molecule has 0 fully saturated rings. The third-order valence-electron chi connectivity index (χ3n) is 3.15. The molecule has 0 atom stereocenters. The normalized spacial score (nSPS) is 10.8. The number of imidazole rings is 1. The predicted octanol–water partition coefficient (Wildman–Crippen LogP) is 2.44. The van der Waals surface area contributed by atoms with Crippen molar-refractivity contribution in [3.63, 3.8) is 0 Å². The molecular formula is C15H13N3O2. The van der Waals surface area contributed by atoms with Crippen LogP contribution in [0.25, 0.3) is 11.0 Å². The van der Waals surface area contributed by atoms with E-state index in [4.69, 9.17) is 5.11 Å². The average Bonchev–Trinajstić information content (AvgIpc) is 2.88. The van der Waals surface area contributed by atoms with E-state index < -0.39 is 5.97 Å². The minimum absolute atomic E-state index is 0.264. The Kier molecular flexibility index (Phi) is 3.16. The van der Waals surface area contributed by atoms with E-state index >= 15 is 0 Å². The summed E-state index contributed by atoms with van der Waals surface area (Å²) in [7, 11) is 0. The fourth-order valence-corrected chi connectivity index (χ4v) is 2.12. The Morgan fingerprint density at radius 2 is 2.15 bits per heavy atom. The number of pyridine rings is 1. The molecule has 3 rings (SSSR count). The van der Waals surface area contributed by atoms with Gasteiger partial charge in [-0.3, -0.25) is 4.98 Å². The van der Waals surface area contributed by atoms with Gasteiger partial charge in [-0.15, -0.1) is 0 Å². The largest absolute Gasteiger partial charge is 0.478 e. The molecule has 0 saturated heterocycles. The fraction of sp³-hybridized carbons (Fsp3) is 0.133. The molecule has 0 aliphatic rings. The van der Waals surface area contributed by atoms with E-state index in [1.807, 2.05) is 18.3 Å². The topological polar surface area (TPSA) is 78.9 Å². The maximum absolute atomic E-state index is 10.9. The molecule has 0 amide bonds. The summed E-state index contributed by atoms with van der Waals surface area (Å²) in [5, 5.41) is 8.96. The van der Waals surface area contributed by atoms with Gasteiger partial charge in [0.05, 0.1) is 16.6 Å². The van der Waals surface area contributed by atoms with Gasteiger partial charge in [-0.2, -0.15) is 0 Å². The summed E-state index contributed by atoms with van der Waals surface area (Å²) in [6, 6.07) is 8.84. The molecule has 0 aliphatic carbocycles. The maximum atomic E-state index is 10.9. The van der Waals surface area contributed by atoms with Gasteiger partial charge in [-0.25, -0.2) is 9.78 Å². The molecule has 0 unspecified atom stereocenters. The van der Waals surface area contributed by atoms with E-state index in [1.54, 1.807) is 24.4 Å². The highest BCUT2D eigenvalue weighted by Crippen LogP contribution is 2.15. The molecular weight excluding hydrogens is 254 g/mol. The molecule has 1 aromatic carbocycles. The number of hydrogen-bond acceptors (Lipinski definition) is 3. The molecule has 5 heteroatoms. The number of aryl methyl sites for hydroxylation is 2. The second-order valence-electron chi connectivity index (χ2n) is 4.58. The number of carboxylic acid groups (broad SMARTS) is 1. The first kappa shape index (κ1) is 12.3. The lowest BCUT2D eigenvalue weighted by Crippen LogP contribution is -1.94. The number of aromatic carboxylic acids is 1. The Morgan fingerprint density at radius 1 is 1.25 bits per heavy atom. The summed E-state index contributed by atoms with van der Waals surface area (Å²) in [6.07, 6.45) is 5.20. The molecule has 5 nitrogen and oxygen atoms in total. The first-order valence-electron chi connectivity index (χ1n) is 6.33. The number of H-pyrrole nitrogens is 1. The van der Waals surface area contributed by atoms with Crippen LogP contribution in [0.2, 0.25) is 0 Å². The SMILES string of the molecule is O=C(O)c1ccc2nc(CCc3cccnc3)[nH]c2c1. The first-order chi connectivity index (χ1) is 9.72. The molecule has 3 aromatic rings. The monoisotopic (exact) mass is 267 g/mol. The zero-order valence-electron chi connectivity index (χ0n) is 10.7. The minimum atomic E-state index is -0.932. The molecule has 2 heterocycles. The highest BCUT2D eigenvalue weighted by molar-refractivity contribution is 5.92. The van der Waals surface area contributed by atoms with E-state index in [-0.39, 0.29) is 5.56 Å². The Morgan fingerprint density at radius 3 is 2.90 bits per heavy atom. The van der Waals surface area contributed by atoms with Crippen LogP contribution in [0.3, 0.4) is 0 Å². The molecule has 0 bridgehead atoms. The summed E-state index contributed by atoms with van der Waals surface area (Å²) in [4.78, 5) is 22.6. The van der Waals surface area contributed by atoms with Crippen LogP contribution in [-0.4, -0.2) is 26.0 Å². The van der Waals surface area contributed by atoms with Crippen molar-refractivity contribution >= 4 is 17.0 Å². The lowest BCUT2D eigenvalue weighted by atomic mass is 10.1. The van der Waals surface area contributed by atoms with Gasteiger partial charge < -0.3 is 10.1 Å². The zero-order chi connectivity index (χ0) is 13.9. The van der Waals surface area contributed by atoms with Crippen LogP contribution in [0, 0.1) is 0 Å². The second kappa shape index (κ2) is 5.13. The van der Waals surface area contributed by atoms with Gasteiger partial charge in [-0.1, -0.05) is 6.07 Å². The molecule has 0 aliphatic heterocycles. The van der Waals surface area contributed by atoms with Crippen LogP contribution in [-0.2, 0) is 12.8 Å². The van der Waals surface area contributed by atoms with E-state index in [0.29, 0.717) is 0 Å². The van der Waals surface area contributed by atoms with Crippen LogP contribution in [0.4, 0.5) is 0 Å². The number of carbonyl (C=O) groups is 1. The van der Waals surface area contributed by atoms with E-state index in [9.17, 15) is 4.79 Å². The number of benzene rings is 1. The predicted molar refractivity (Wildman–Crippen MR) is 74.7 cm³/mol. The van der Waals surface area contributed by atoms with E-state index in [2.05, 4.69) is 15.0 Å². The van der Waals surface area contributed by atoms with Crippen molar-refractivity contribution in [3.8, 4) is 0 Å². The molecule has 2 aromatic heterocycles. The number of fused-ring (bicyclic) bond motifs is 1. The molecule has 0 saturated carbocycles. The summed E-state index contributed by atoms with van der Waals surface area (Å²) in [5.41, 5.74) is 2.96. The third-order valence-corrected chi connectivity index (χ3v) is 3.15. The summed E-state index contributed by atoms with van der Waals surface area (Å²) >= 11 is 0. The van der Waals surface area contributed by atoms with Crippen LogP contribution in [0.1, 0.15) is 21.7 Å². The van der Waals surface area contributed by atoms with Crippen molar-refractivity contribution < 1.29 is 9.90 Å². The Bertz CT molecular complexity index is 750. The number of rotatable bonds is 4. The standard InChI is InChI=1S/C15H13N3O2/c19-15(20)11-4-5-12-13(8-11)18-14(17-12)6-3-10-2-1-7-16-9-10/h1-2,4-5,7-9H,3,6H2,(H,17,18)(H,19,20). The molecule has 2 N–H and O–H groups in total. The number of carboxylic acids is 1. The molecule has 0 radical (unpaired) electrons. The highest BCUT2D eigenvalue weighted by Gasteiger charge is 2.07.